The summed E-state index contributed by atoms with van der Waals surface area (Å²) in [4.78, 5) is 18.4. The summed E-state index contributed by atoms with van der Waals surface area (Å²) >= 11 is 0. The number of nitrogens with zero attached hydrogens (tertiary/aromatic N) is 3. The van der Waals surface area contributed by atoms with Crippen LogP contribution < -0.4 is 4.74 Å². The van der Waals surface area contributed by atoms with Gasteiger partial charge >= 0.3 is 0 Å². The molecule has 0 amide bonds. The van der Waals surface area contributed by atoms with Crippen molar-refractivity contribution in [2.75, 3.05) is 33.9 Å². The molecule has 216 valence electrons. The van der Waals surface area contributed by atoms with Crippen LogP contribution in [0, 0.1) is 35.5 Å². The standard InChI is InChI=1S/C32H43N3O5/c1-21-6-9-24(10-7-21)39-16-17-40-34-23-12-14-30(2)22(18-23)8-11-25-26-13-15-32(38,28(37)20-36)31(26,3)19-27(29(25)30)33-35(4)5/h6-7,9-10,12,14,18,25-26,29,36,38H,8,11,13,15-17,19-20H2,1-5H3/b33-27+,34-23+/t25-,26-,29+,30-,31-,32-/m0/s1. The van der Waals surface area contributed by atoms with E-state index in [-0.39, 0.29) is 23.2 Å². The number of aryl methyl sites for hydroxylation is 1. The van der Waals surface area contributed by atoms with Gasteiger partial charge in [-0.1, -0.05) is 48.3 Å². The average molecular weight is 550 g/mol. The molecule has 1 aromatic carbocycles. The molecule has 0 spiro atoms. The van der Waals surface area contributed by atoms with Crippen LogP contribution in [0.15, 0.2) is 58.3 Å². The number of ether oxygens (including phenoxy) is 1. The van der Waals surface area contributed by atoms with E-state index in [1.54, 1.807) is 0 Å². The minimum absolute atomic E-state index is 0.154. The van der Waals surface area contributed by atoms with E-state index >= 15 is 0 Å². The average Bonchev–Trinajstić information content (AvgIpc) is 3.19. The lowest BCUT2D eigenvalue weighted by Gasteiger charge is -2.58. The molecule has 0 aromatic heterocycles. The van der Waals surface area contributed by atoms with Crippen molar-refractivity contribution in [3.05, 3.63) is 53.6 Å². The van der Waals surface area contributed by atoms with Gasteiger partial charge in [0.05, 0.1) is 0 Å². The molecule has 4 aliphatic carbocycles. The van der Waals surface area contributed by atoms with Gasteiger partial charge in [0.2, 0.25) is 0 Å². The van der Waals surface area contributed by atoms with Gasteiger partial charge in [-0.2, -0.15) is 5.10 Å². The zero-order valence-corrected chi connectivity index (χ0v) is 24.4. The Morgan fingerprint density at radius 3 is 2.60 bits per heavy atom. The summed E-state index contributed by atoms with van der Waals surface area (Å²) in [5.74, 6) is 0.956. The number of aliphatic hydroxyl groups is 2. The topological polar surface area (TPSA) is 104 Å². The molecule has 2 N–H and O–H groups in total. The van der Waals surface area contributed by atoms with Crippen LogP contribution >= 0.6 is 0 Å². The Hall–Kier alpha value is -2.97. The number of hydrogen-bond acceptors (Lipinski definition) is 8. The first-order valence-corrected chi connectivity index (χ1v) is 14.4. The van der Waals surface area contributed by atoms with E-state index in [1.807, 2.05) is 63.3 Å². The van der Waals surface area contributed by atoms with Crippen molar-refractivity contribution in [2.45, 2.75) is 58.5 Å². The summed E-state index contributed by atoms with van der Waals surface area (Å²) in [5, 5.41) is 32.5. The molecule has 0 aliphatic heterocycles. The van der Waals surface area contributed by atoms with Gasteiger partial charge in [-0.05, 0) is 75.1 Å². The molecule has 1 aromatic rings. The molecule has 8 nitrogen and oxygen atoms in total. The highest BCUT2D eigenvalue weighted by atomic mass is 16.6. The lowest BCUT2D eigenvalue weighted by Crippen LogP contribution is -2.60. The number of hydrogen-bond donors (Lipinski definition) is 2. The molecule has 3 fully saturated rings. The molecule has 4 aliphatic rings. The fraction of sp³-hybridized carbons (Fsp3) is 0.594. The molecule has 3 saturated carbocycles. The normalized spacial score (nSPS) is 36.5. The molecule has 6 atom stereocenters. The summed E-state index contributed by atoms with van der Waals surface area (Å²) in [6, 6.07) is 7.93. The van der Waals surface area contributed by atoms with Crippen LogP contribution in [-0.2, 0) is 9.63 Å². The smallest absolute Gasteiger partial charge is 0.190 e. The number of hydrazone groups is 1. The van der Waals surface area contributed by atoms with E-state index < -0.39 is 23.4 Å². The second-order valence-electron chi connectivity index (χ2n) is 12.6. The predicted molar refractivity (Wildman–Crippen MR) is 155 cm³/mol. The van der Waals surface area contributed by atoms with E-state index in [0.29, 0.717) is 26.1 Å². The molecule has 0 radical (unpaired) electrons. The van der Waals surface area contributed by atoms with Crippen LogP contribution in [0.2, 0.25) is 0 Å². The molecular weight excluding hydrogens is 506 g/mol. The first-order valence-electron chi connectivity index (χ1n) is 14.4. The number of allylic oxidation sites excluding steroid dienone is 4. The van der Waals surface area contributed by atoms with E-state index in [0.717, 1.165) is 36.4 Å². The van der Waals surface area contributed by atoms with Crippen LogP contribution in [-0.4, -0.2) is 71.9 Å². The van der Waals surface area contributed by atoms with E-state index in [2.05, 4.69) is 24.2 Å². The molecular formula is C32H43N3O5. The summed E-state index contributed by atoms with van der Waals surface area (Å²) in [7, 11) is 3.83. The number of ketones is 1. The van der Waals surface area contributed by atoms with E-state index in [1.165, 1.54) is 11.1 Å². The SMILES string of the molecule is Cc1ccc(OCCO/N=C2\C=C[C@@]3(C)C(=C2)CC[C@@H]2[C@@H]3/C(=N/N(C)C)C[C@@]3(C)[C@H]2CC[C@]3(O)C(=O)CO)cc1. The largest absolute Gasteiger partial charge is 0.490 e. The van der Waals surface area contributed by atoms with Gasteiger partial charge in [-0.3, -0.25) is 4.79 Å². The van der Waals surface area contributed by atoms with Crippen LogP contribution in [0.4, 0.5) is 0 Å². The molecule has 0 saturated heterocycles. The molecule has 8 heteroatoms. The van der Waals surface area contributed by atoms with Gasteiger partial charge in [0.25, 0.3) is 0 Å². The molecule has 5 rings (SSSR count). The van der Waals surface area contributed by atoms with Crippen LogP contribution in [0.1, 0.15) is 51.5 Å². The monoisotopic (exact) mass is 549 g/mol. The number of rotatable bonds is 8. The number of Topliss-reactive ketones (excluding diaryl/α,β-unsaturated/α-hetero) is 1. The number of aliphatic hydroxyl groups excluding tert-OH is 1. The minimum atomic E-state index is -1.52. The van der Waals surface area contributed by atoms with Crippen molar-refractivity contribution in [1.29, 1.82) is 0 Å². The number of benzene rings is 1. The number of fused-ring (bicyclic) bond motifs is 5. The number of carbonyl (C=O) groups is 1. The van der Waals surface area contributed by atoms with E-state index in [9.17, 15) is 15.0 Å². The summed E-state index contributed by atoms with van der Waals surface area (Å²) in [6.07, 6.45) is 9.99. The Bertz CT molecular complexity index is 1250. The van der Waals surface area contributed by atoms with Crippen LogP contribution in [0.5, 0.6) is 5.75 Å². The third-order valence-corrected chi connectivity index (χ3v) is 10.0. The number of carbonyl (C=O) groups excluding carboxylic acids is 1. The highest BCUT2D eigenvalue weighted by Gasteiger charge is 2.67. The Kier molecular flexibility index (Phi) is 7.70. The predicted octanol–water partition coefficient (Wildman–Crippen LogP) is 4.31. The maximum absolute atomic E-state index is 12.8. The molecule has 0 heterocycles. The first kappa shape index (κ1) is 28.6. The first-order chi connectivity index (χ1) is 19.0. The van der Waals surface area contributed by atoms with Crippen molar-refractivity contribution >= 4 is 17.2 Å². The minimum Gasteiger partial charge on any atom is -0.490 e. The van der Waals surface area contributed by atoms with Gasteiger partial charge < -0.3 is 24.8 Å². The maximum atomic E-state index is 12.8. The zero-order valence-electron chi connectivity index (χ0n) is 24.4. The maximum Gasteiger partial charge on any atom is 0.190 e. The summed E-state index contributed by atoms with van der Waals surface area (Å²) in [5.41, 5.74) is 1.89. The summed E-state index contributed by atoms with van der Waals surface area (Å²) < 4.78 is 5.74. The lowest BCUT2D eigenvalue weighted by atomic mass is 9.46. The fourth-order valence-corrected chi connectivity index (χ4v) is 8.03. The van der Waals surface area contributed by atoms with Gasteiger partial charge in [0, 0.05) is 36.6 Å². The third kappa shape index (κ3) is 4.79. The van der Waals surface area contributed by atoms with Crippen LogP contribution in [0.25, 0.3) is 0 Å². The third-order valence-electron chi connectivity index (χ3n) is 10.0. The van der Waals surface area contributed by atoms with Crippen LogP contribution in [0.3, 0.4) is 0 Å². The molecule has 0 bridgehead atoms. The van der Waals surface area contributed by atoms with Gasteiger partial charge in [0.15, 0.2) is 12.4 Å². The Balaban J connectivity index is 1.34. The summed E-state index contributed by atoms with van der Waals surface area (Å²) in [6.45, 7) is 6.50. The molecule has 40 heavy (non-hydrogen) atoms. The van der Waals surface area contributed by atoms with Crippen molar-refractivity contribution in [3.8, 4) is 5.75 Å². The van der Waals surface area contributed by atoms with Crippen molar-refractivity contribution in [3.63, 3.8) is 0 Å². The van der Waals surface area contributed by atoms with Crippen molar-refractivity contribution in [1.82, 2.24) is 5.01 Å². The Labute approximate surface area is 237 Å². The Morgan fingerprint density at radius 2 is 1.90 bits per heavy atom. The Morgan fingerprint density at radius 1 is 1.15 bits per heavy atom. The van der Waals surface area contributed by atoms with Gasteiger partial charge in [-0.15, -0.1) is 0 Å². The van der Waals surface area contributed by atoms with Gasteiger partial charge in [-0.25, -0.2) is 0 Å². The van der Waals surface area contributed by atoms with Crippen molar-refractivity contribution < 1.29 is 24.6 Å². The zero-order chi connectivity index (χ0) is 28.7. The lowest BCUT2D eigenvalue weighted by molar-refractivity contribution is -0.157. The number of oxime groups is 1. The highest BCUT2D eigenvalue weighted by molar-refractivity contribution is 6.06. The van der Waals surface area contributed by atoms with E-state index in [4.69, 9.17) is 14.7 Å². The quantitative estimate of drug-likeness (QED) is 0.370. The second kappa shape index (κ2) is 10.8. The second-order valence-corrected chi connectivity index (χ2v) is 12.6. The van der Waals surface area contributed by atoms with Crippen molar-refractivity contribution in [2.24, 2.45) is 38.8 Å². The van der Waals surface area contributed by atoms with Gasteiger partial charge in [0.1, 0.15) is 30.3 Å². The highest BCUT2D eigenvalue weighted by Crippen LogP contribution is 2.66. The molecule has 0 unspecified atom stereocenters. The fourth-order valence-electron chi connectivity index (χ4n) is 8.03.